The van der Waals surface area contributed by atoms with Crippen LogP contribution in [0.4, 0.5) is 5.69 Å². The minimum atomic E-state index is -0.215. The Labute approximate surface area is 156 Å². The van der Waals surface area contributed by atoms with Crippen LogP contribution in [0.2, 0.25) is 0 Å². The molecule has 26 heavy (non-hydrogen) atoms. The van der Waals surface area contributed by atoms with E-state index >= 15 is 0 Å². The van der Waals surface area contributed by atoms with Crippen molar-refractivity contribution in [2.24, 2.45) is 0 Å². The molecule has 1 atom stereocenters. The van der Waals surface area contributed by atoms with E-state index in [0.29, 0.717) is 22.0 Å². The third-order valence-corrected chi connectivity index (χ3v) is 5.48. The van der Waals surface area contributed by atoms with Gasteiger partial charge in [-0.25, -0.2) is 0 Å². The fourth-order valence-electron chi connectivity index (χ4n) is 3.06. The van der Waals surface area contributed by atoms with E-state index in [4.69, 9.17) is 4.74 Å². The Kier molecular flexibility index (Phi) is 5.08. The molecule has 2 aromatic rings. The van der Waals surface area contributed by atoms with E-state index in [9.17, 15) is 14.4 Å². The lowest BCUT2D eigenvalue weighted by Gasteiger charge is -2.39. The SMILES string of the molecule is COc1cccc(N2C(=O)CN(C(=O)c3ccc(C(C)=O)s3)C[C@@H]2C)c1. The molecule has 6 nitrogen and oxygen atoms in total. The molecule has 136 valence electrons. The lowest BCUT2D eigenvalue weighted by atomic mass is 10.1. The summed E-state index contributed by atoms with van der Waals surface area (Å²) in [7, 11) is 1.58. The van der Waals surface area contributed by atoms with E-state index in [2.05, 4.69) is 0 Å². The molecule has 1 aliphatic heterocycles. The molecule has 1 aromatic carbocycles. The van der Waals surface area contributed by atoms with Crippen LogP contribution >= 0.6 is 11.3 Å². The number of benzene rings is 1. The second-order valence-electron chi connectivity index (χ2n) is 6.22. The van der Waals surface area contributed by atoms with Crippen molar-refractivity contribution in [1.29, 1.82) is 0 Å². The molecule has 0 saturated carbocycles. The molecule has 0 spiro atoms. The highest BCUT2D eigenvalue weighted by atomic mass is 32.1. The van der Waals surface area contributed by atoms with E-state index in [-0.39, 0.29) is 30.2 Å². The van der Waals surface area contributed by atoms with Gasteiger partial charge in [0.15, 0.2) is 5.78 Å². The molecule has 1 saturated heterocycles. The van der Waals surface area contributed by atoms with Crippen molar-refractivity contribution in [3.8, 4) is 5.75 Å². The van der Waals surface area contributed by atoms with Gasteiger partial charge in [-0.3, -0.25) is 14.4 Å². The van der Waals surface area contributed by atoms with Crippen LogP contribution in [0.25, 0.3) is 0 Å². The van der Waals surface area contributed by atoms with E-state index < -0.39 is 0 Å². The van der Waals surface area contributed by atoms with Crippen molar-refractivity contribution in [3.63, 3.8) is 0 Å². The van der Waals surface area contributed by atoms with Gasteiger partial charge in [0.05, 0.1) is 22.9 Å². The highest BCUT2D eigenvalue weighted by Gasteiger charge is 2.34. The van der Waals surface area contributed by atoms with Crippen LogP contribution in [0.1, 0.15) is 33.2 Å². The van der Waals surface area contributed by atoms with Gasteiger partial charge in [-0.1, -0.05) is 6.07 Å². The van der Waals surface area contributed by atoms with Gasteiger partial charge in [0, 0.05) is 18.3 Å². The van der Waals surface area contributed by atoms with E-state index in [0.717, 1.165) is 5.69 Å². The molecular formula is C19H20N2O4S. The number of anilines is 1. The summed E-state index contributed by atoms with van der Waals surface area (Å²) < 4.78 is 5.23. The number of methoxy groups -OCH3 is 1. The molecule has 1 aromatic heterocycles. The fourth-order valence-corrected chi connectivity index (χ4v) is 3.93. The van der Waals surface area contributed by atoms with Gasteiger partial charge >= 0.3 is 0 Å². The number of ether oxygens (including phenoxy) is 1. The first-order valence-electron chi connectivity index (χ1n) is 8.27. The number of hydrogen-bond donors (Lipinski definition) is 0. The van der Waals surface area contributed by atoms with Crippen molar-refractivity contribution >= 4 is 34.6 Å². The van der Waals surface area contributed by atoms with Crippen molar-refractivity contribution in [3.05, 3.63) is 46.2 Å². The van der Waals surface area contributed by atoms with E-state index in [1.165, 1.54) is 18.3 Å². The minimum absolute atomic E-state index is 0.00763. The average Bonchev–Trinajstić information content (AvgIpc) is 3.11. The van der Waals surface area contributed by atoms with Crippen LogP contribution in [0.5, 0.6) is 5.75 Å². The normalized spacial score (nSPS) is 17.3. The lowest BCUT2D eigenvalue weighted by molar-refractivity contribution is -0.121. The largest absolute Gasteiger partial charge is 0.497 e. The summed E-state index contributed by atoms with van der Waals surface area (Å²) in [5.41, 5.74) is 0.754. The second kappa shape index (κ2) is 7.29. The van der Waals surface area contributed by atoms with Crippen LogP contribution in [0, 0.1) is 0 Å². The lowest BCUT2D eigenvalue weighted by Crippen LogP contribution is -2.57. The molecule has 0 N–H and O–H groups in total. The number of nitrogens with zero attached hydrogens (tertiary/aromatic N) is 2. The summed E-state index contributed by atoms with van der Waals surface area (Å²) in [6.45, 7) is 3.81. The predicted octanol–water partition coefficient (Wildman–Crippen LogP) is 2.84. The molecule has 3 rings (SSSR count). The Morgan fingerprint density at radius 3 is 2.54 bits per heavy atom. The number of carbonyl (C=O) groups excluding carboxylic acids is 3. The number of ketones is 1. The number of hydrogen-bond acceptors (Lipinski definition) is 5. The summed E-state index contributed by atoms with van der Waals surface area (Å²) >= 11 is 1.17. The molecule has 0 bridgehead atoms. The molecule has 0 radical (unpaired) electrons. The summed E-state index contributed by atoms with van der Waals surface area (Å²) in [5, 5.41) is 0. The third-order valence-electron chi connectivity index (χ3n) is 4.30. The number of amides is 2. The number of thiophene rings is 1. The van der Waals surface area contributed by atoms with Crippen molar-refractivity contribution in [2.75, 3.05) is 25.1 Å². The van der Waals surface area contributed by atoms with Crippen LogP contribution < -0.4 is 9.64 Å². The predicted molar refractivity (Wildman–Crippen MR) is 100 cm³/mol. The summed E-state index contributed by atoms with van der Waals surface area (Å²) in [5.74, 6) is 0.249. The van der Waals surface area contributed by atoms with Gasteiger partial charge in [-0.2, -0.15) is 0 Å². The Hall–Kier alpha value is -2.67. The van der Waals surface area contributed by atoms with E-state index in [1.807, 2.05) is 31.2 Å². The van der Waals surface area contributed by atoms with Crippen molar-refractivity contribution < 1.29 is 19.1 Å². The first-order valence-corrected chi connectivity index (χ1v) is 9.08. The Morgan fingerprint density at radius 2 is 1.92 bits per heavy atom. The minimum Gasteiger partial charge on any atom is -0.497 e. The molecule has 2 heterocycles. The quantitative estimate of drug-likeness (QED) is 0.774. The van der Waals surface area contributed by atoms with Crippen LogP contribution in [-0.2, 0) is 4.79 Å². The van der Waals surface area contributed by atoms with Crippen LogP contribution in [0.15, 0.2) is 36.4 Å². The summed E-state index contributed by atoms with van der Waals surface area (Å²) in [6, 6.07) is 10.4. The Balaban J connectivity index is 1.78. The molecule has 0 aliphatic carbocycles. The summed E-state index contributed by atoms with van der Waals surface area (Å²) in [6.07, 6.45) is 0. The fraction of sp³-hybridized carbons (Fsp3) is 0.316. The van der Waals surface area contributed by atoms with Gasteiger partial charge in [-0.05, 0) is 38.1 Å². The topological polar surface area (TPSA) is 66.9 Å². The zero-order chi connectivity index (χ0) is 18.8. The highest BCUT2D eigenvalue weighted by molar-refractivity contribution is 7.15. The van der Waals surface area contributed by atoms with Gasteiger partial charge in [-0.15, -0.1) is 11.3 Å². The summed E-state index contributed by atoms with van der Waals surface area (Å²) in [4.78, 5) is 41.1. The molecule has 1 fully saturated rings. The van der Waals surface area contributed by atoms with Crippen LogP contribution in [-0.4, -0.2) is 48.7 Å². The molecule has 1 aliphatic rings. The third kappa shape index (κ3) is 3.48. The maximum atomic E-state index is 12.7. The van der Waals surface area contributed by atoms with Gasteiger partial charge in [0.25, 0.3) is 5.91 Å². The number of Topliss-reactive ketones (excluding diaryl/α,β-unsaturated/α-hetero) is 1. The highest BCUT2D eigenvalue weighted by Crippen LogP contribution is 2.27. The van der Waals surface area contributed by atoms with Crippen molar-refractivity contribution in [2.45, 2.75) is 19.9 Å². The second-order valence-corrected chi connectivity index (χ2v) is 7.30. The average molecular weight is 372 g/mol. The number of carbonyl (C=O) groups is 3. The van der Waals surface area contributed by atoms with Gasteiger partial charge in [0.1, 0.15) is 12.3 Å². The Morgan fingerprint density at radius 1 is 1.19 bits per heavy atom. The van der Waals surface area contributed by atoms with Crippen molar-refractivity contribution in [1.82, 2.24) is 4.90 Å². The number of rotatable bonds is 4. The maximum absolute atomic E-state index is 12.7. The first kappa shape index (κ1) is 18.1. The van der Waals surface area contributed by atoms with E-state index in [1.54, 1.807) is 29.0 Å². The zero-order valence-corrected chi connectivity index (χ0v) is 15.7. The molecule has 7 heteroatoms. The maximum Gasteiger partial charge on any atom is 0.264 e. The monoisotopic (exact) mass is 372 g/mol. The molecule has 0 unspecified atom stereocenters. The molecular weight excluding hydrogens is 352 g/mol. The molecule has 2 amide bonds. The van der Waals surface area contributed by atoms with Crippen LogP contribution in [0.3, 0.4) is 0 Å². The smallest absolute Gasteiger partial charge is 0.264 e. The first-order chi connectivity index (χ1) is 12.4. The number of piperazine rings is 1. The Bertz CT molecular complexity index is 861. The van der Waals surface area contributed by atoms with Gasteiger partial charge < -0.3 is 14.5 Å². The van der Waals surface area contributed by atoms with Gasteiger partial charge in [0.2, 0.25) is 5.91 Å². The zero-order valence-electron chi connectivity index (χ0n) is 14.9. The standard InChI is InChI=1S/C19H20N2O4S/c1-12-10-20(19(24)17-8-7-16(26-17)13(2)22)11-18(23)21(12)14-5-4-6-15(9-14)25-3/h4-9,12H,10-11H2,1-3H3/t12-/m0/s1.